The maximum absolute atomic E-state index is 13.1. The zero-order valence-electron chi connectivity index (χ0n) is 16.3. The fourth-order valence-electron chi connectivity index (χ4n) is 6.15. The van der Waals surface area contributed by atoms with Crippen LogP contribution in [0.3, 0.4) is 0 Å². The Morgan fingerprint density at radius 1 is 1.14 bits per heavy atom. The summed E-state index contributed by atoms with van der Waals surface area (Å²) in [4.78, 5) is 12.5. The van der Waals surface area contributed by atoms with E-state index in [-0.39, 0.29) is 17.5 Å². The summed E-state index contributed by atoms with van der Waals surface area (Å²) in [5.74, 6) is 9.12. The molecule has 1 heterocycles. The second kappa shape index (κ2) is 7.31. The molecule has 0 aliphatic heterocycles. The molecule has 4 aliphatic rings. The third-order valence-corrected chi connectivity index (χ3v) is 7.87. The van der Waals surface area contributed by atoms with E-state index in [9.17, 15) is 9.18 Å². The molecule has 4 aliphatic carbocycles. The molecule has 154 valence electrons. The van der Waals surface area contributed by atoms with Gasteiger partial charge in [0.05, 0.1) is 5.75 Å². The molecule has 6 nitrogen and oxygen atoms in total. The first-order chi connectivity index (χ1) is 14.0. The zero-order valence-corrected chi connectivity index (χ0v) is 17.1. The first-order valence-electron chi connectivity index (χ1n) is 10.4. The molecule has 4 bridgehead atoms. The van der Waals surface area contributed by atoms with E-state index < -0.39 is 0 Å². The number of carbonyl (C=O) groups excluding carboxylic acids is 1. The highest BCUT2D eigenvalue weighted by Gasteiger charge is 2.50. The van der Waals surface area contributed by atoms with Crippen LogP contribution in [0.25, 0.3) is 11.4 Å². The molecule has 0 saturated heterocycles. The minimum absolute atomic E-state index is 0.0112. The molecule has 0 atom stereocenters. The second-order valence-electron chi connectivity index (χ2n) is 9.17. The molecule has 29 heavy (non-hydrogen) atoms. The predicted octanol–water partition coefficient (Wildman–Crippen LogP) is 3.22. The number of carbonyl (C=O) groups is 1. The number of nitrogens with two attached hydrogens (primary N) is 1. The van der Waals surface area contributed by atoms with Gasteiger partial charge < -0.3 is 11.2 Å². The van der Waals surface area contributed by atoms with Crippen LogP contribution in [0.4, 0.5) is 4.39 Å². The van der Waals surface area contributed by atoms with E-state index in [1.165, 1.54) is 67.1 Å². The van der Waals surface area contributed by atoms with Crippen molar-refractivity contribution >= 4 is 17.7 Å². The van der Waals surface area contributed by atoms with E-state index in [2.05, 4.69) is 15.5 Å². The number of benzene rings is 1. The number of thioether (sulfide) groups is 1. The lowest BCUT2D eigenvalue weighted by molar-refractivity contribution is -0.120. The summed E-state index contributed by atoms with van der Waals surface area (Å²) < 4.78 is 14.5. The Kier molecular flexibility index (Phi) is 4.76. The monoisotopic (exact) mass is 415 g/mol. The van der Waals surface area contributed by atoms with E-state index in [1.54, 1.807) is 12.1 Å². The maximum Gasteiger partial charge on any atom is 0.230 e. The quantitative estimate of drug-likeness (QED) is 0.559. The molecule has 6 rings (SSSR count). The topological polar surface area (TPSA) is 85.8 Å². The number of nitrogens with zero attached hydrogens (tertiary/aromatic N) is 3. The summed E-state index contributed by atoms with van der Waals surface area (Å²) in [6.07, 6.45) is 8.07. The molecule has 0 spiro atoms. The van der Waals surface area contributed by atoms with Crippen molar-refractivity contribution in [2.24, 2.45) is 23.2 Å². The van der Waals surface area contributed by atoms with Crippen molar-refractivity contribution in [3.8, 4) is 11.4 Å². The summed E-state index contributed by atoms with van der Waals surface area (Å²) in [6.45, 7) is 0.798. The van der Waals surface area contributed by atoms with Gasteiger partial charge in [0, 0.05) is 12.1 Å². The van der Waals surface area contributed by atoms with Crippen LogP contribution < -0.4 is 11.2 Å². The van der Waals surface area contributed by atoms with Crippen LogP contribution in [0.2, 0.25) is 0 Å². The number of nitrogens with one attached hydrogen (secondary N) is 1. The van der Waals surface area contributed by atoms with Crippen molar-refractivity contribution in [2.45, 2.75) is 43.7 Å². The fraction of sp³-hybridized carbons (Fsp3) is 0.571. The number of amides is 1. The Hall–Kier alpha value is -2.09. The molecule has 0 radical (unpaired) electrons. The van der Waals surface area contributed by atoms with Crippen LogP contribution in [0, 0.1) is 29.0 Å². The molecular formula is C21H26FN5OS. The predicted molar refractivity (Wildman–Crippen MR) is 110 cm³/mol. The summed E-state index contributed by atoms with van der Waals surface area (Å²) in [7, 11) is 0. The van der Waals surface area contributed by atoms with Crippen molar-refractivity contribution in [3.05, 3.63) is 30.1 Å². The molecule has 2 aromatic rings. The van der Waals surface area contributed by atoms with Crippen molar-refractivity contribution in [1.82, 2.24) is 20.2 Å². The lowest BCUT2D eigenvalue weighted by atomic mass is 9.49. The van der Waals surface area contributed by atoms with Gasteiger partial charge in [0.2, 0.25) is 11.1 Å². The Morgan fingerprint density at radius 2 is 1.76 bits per heavy atom. The highest BCUT2D eigenvalue weighted by atomic mass is 32.2. The average Bonchev–Trinajstić information content (AvgIpc) is 3.05. The largest absolute Gasteiger partial charge is 0.355 e. The van der Waals surface area contributed by atoms with Crippen LogP contribution in [-0.4, -0.2) is 33.1 Å². The van der Waals surface area contributed by atoms with Crippen molar-refractivity contribution < 1.29 is 9.18 Å². The summed E-state index contributed by atoms with van der Waals surface area (Å²) in [5.41, 5.74) is 1.01. The standard InChI is InChI=1S/C21H26FN5OS/c22-17-3-1-16(2-4-17)19-25-26-20(27(19)23)29-11-18(28)24-12-21-8-13-5-14(9-21)7-15(6-13)10-21/h1-4,13-15H,5-12,23H2,(H,24,28). The lowest BCUT2D eigenvalue weighted by Crippen LogP contribution is -2.51. The van der Waals surface area contributed by atoms with Gasteiger partial charge in [-0.3, -0.25) is 4.79 Å². The Morgan fingerprint density at radius 3 is 2.38 bits per heavy atom. The van der Waals surface area contributed by atoms with Crippen molar-refractivity contribution in [3.63, 3.8) is 0 Å². The highest BCUT2D eigenvalue weighted by molar-refractivity contribution is 7.99. The molecule has 1 amide bonds. The van der Waals surface area contributed by atoms with E-state index >= 15 is 0 Å². The van der Waals surface area contributed by atoms with Crippen LogP contribution in [0.15, 0.2) is 29.4 Å². The second-order valence-corrected chi connectivity index (χ2v) is 10.1. The molecule has 3 N–H and O–H groups in total. The Balaban J connectivity index is 1.16. The van der Waals surface area contributed by atoms with Gasteiger partial charge in [0.25, 0.3) is 0 Å². The van der Waals surface area contributed by atoms with Gasteiger partial charge in [-0.1, -0.05) is 11.8 Å². The number of rotatable bonds is 6. The lowest BCUT2D eigenvalue weighted by Gasteiger charge is -2.56. The summed E-state index contributed by atoms with van der Waals surface area (Å²) in [6, 6.07) is 5.92. The van der Waals surface area contributed by atoms with E-state index in [1.807, 2.05) is 0 Å². The molecule has 8 heteroatoms. The first-order valence-corrected chi connectivity index (χ1v) is 11.3. The number of hydrogen-bond donors (Lipinski definition) is 2. The molecule has 1 aromatic carbocycles. The van der Waals surface area contributed by atoms with Gasteiger partial charge in [-0.25, -0.2) is 9.07 Å². The zero-order chi connectivity index (χ0) is 20.0. The maximum atomic E-state index is 13.1. The van der Waals surface area contributed by atoms with Gasteiger partial charge in [-0.05, 0) is 86.0 Å². The van der Waals surface area contributed by atoms with Gasteiger partial charge in [-0.2, -0.15) is 0 Å². The summed E-state index contributed by atoms with van der Waals surface area (Å²) >= 11 is 1.27. The molecule has 1 aromatic heterocycles. The molecular weight excluding hydrogens is 389 g/mol. The highest BCUT2D eigenvalue weighted by Crippen LogP contribution is 2.59. The minimum atomic E-state index is -0.317. The van der Waals surface area contributed by atoms with Crippen LogP contribution >= 0.6 is 11.8 Å². The smallest absolute Gasteiger partial charge is 0.230 e. The van der Waals surface area contributed by atoms with Crippen LogP contribution in [0.1, 0.15) is 38.5 Å². The minimum Gasteiger partial charge on any atom is -0.355 e. The Labute approximate surface area is 173 Å². The molecule has 4 fully saturated rings. The van der Waals surface area contributed by atoms with Crippen LogP contribution in [0.5, 0.6) is 0 Å². The van der Waals surface area contributed by atoms with Gasteiger partial charge in [-0.15, -0.1) is 10.2 Å². The first kappa shape index (κ1) is 18.9. The fourth-order valence-corrected chi connectivity index (χ4v) is 6.83. The van der Waals surface area contributed by atoms with E-state index in [0.717, 1.165) is 24.3 Å². The molecule has 4 saturated carbocycles. The van der Waals surface area contributed by atoms with Gasteiger partial charge in [0.1, 0.15) is 5.82 Å². The Bertz CT molecular complexity index is 877. The van der Waals surface area contributed by atoms with Crippen molar-refractivity contribution in [1.29, 1.82) is 0 Å². The number of aromatic nitrogens is 3. The van der Waals surface area contributed by atoms with E-state index in [4.69, 9.17) is 5.84 Å². The van der Waals surface area contributed by atoms with Crippen LogP contribution in [-0.2, 0) is 4.79 Å². The van der Waals surface area contributed by atoms with Gasteiger partial charge >= 0.3 is 0 Å². The normalized spacial score (nSPS) is 29.9. The number of nitrogen functional groups attached to an aromatic ring is 1. The SMILES string of the molecule is Nn1c(SCC(=O)NCC23CC4CC(CC(C4)C2)C3)nnc1-c1ccc(F)cc1. The average molecular weight is 416 g/mol. The van der Waals surface area contributed by atoms with Gasteiger partial charge in [0.15, 0.2) is 5.82 Å². The third kappa shape index (κ3) is 3.74. The van der Waals surface area contributed by atoms with Crippen molar-refractivity contribution in [2.75, 3.05) is 18.1 Å². The third-order valence-electron chi connectivity index (χ3n) is 6.92. The summed E-state index contributed by atoms with van der Waals surface area (Å²) in [5, 5.41) is 11.8. The number of halogens is 1. The van der Waals surface area contributed by atoms with E-state index in [0.29, 0.717) is 22.0 Å². The molecule has 0 unspecified atom stereocenters. The number of hydrogen-bond acceptors (Lipinski definition) is 5.